The van der Waals surface area contributed by atoms with Crippen LogP contribution in [0.4, 0.5) is 13.2 Å². The second kappa shape index (κ2) is 8.80. The summed E-state index contributed by atoms with van der Waals surface area (Å²) >= 11 is 0. The van der Waals surface area contributed by atoms with Gasteiger partial charge in [0.05, 0.1) is 35.6 Å². The fourth-order valence-electron chi connectivity index (χ4n) is 3.63. The maximum atomic E-state index is 12.7. The van der Waals surface area contributed by atoms with Crippen LogP contribution in [0.5, 0.6) is 0 Å². The van der Waals surface area contributed by atoms with Gasteiger partial charge in [-0.05, 0) is 50.5 Å². The third-order valence-electron chi connectivity index (χ3n) is 5.17. The molecular weight excluding hydrogens is 435 g/mol. The second-order valence-electron chi connectivity index (χ2n) is 8.04. The maximum absolute atomic E-state index is 12.7. The first kappa shape index (κ1) is 22.7. The Morgan fingerprint density at radius 3 is 2.52 bits per heavy atom. The highest BCUT2D eigenvalue weighted by molar-refractivity contribution is 5.81. The first-order chi connectivity index (χ1) is 15.6. The summed E-state index contributed by atoms with van der Waals surface area (Å²) in [5.41, 5.74) is 0.960. The van der Waals surface area contributed by atoms with Gasteiger partial charge in [0.1, 0.15) is 0 Å². The molecule has 0 aliphatic carbocycles. The first-order valence-corrected chi connectivity index (χ1v) is 10.2. The van der Waals surface area contributed by atoms with E-state index in [0.717, 1.165) is 23.2 Å². The van der Waals surface area contributed by atoms with Crippen LogP contribution < -0.4 is 5.56 Å². The van der Waals surface area contributed by atoms with Crippen LogP contribution in [0, 0.1) is 0 Å². The van der Waals surface area contributed by atoms with Crippen LogP contribution in [-0.2, 0) is 12.7 Å². The SMILES string of the molecule is CN(C)C[C@@H](O)Cn1ncc2cc(-n3ccc(-c4ccc(C(F)(F)F)cn4)cc3=O)ccc21. The van der Waals surface area contributed by atoms with Crippen molar-refractivity contribution < 1.29 is 18.3 Å². The lowest BCUT2D eigenvalue weighted by atomic mass is 10.1. The van der Waals surface area contributed by atoms with E-state index in [1.54, 1.807) is 29.2 Å². The van der Waals surface area contributed by atoms with Gasteiger partial charge in [0.15, 0.2) is 0 Å². The van der Waals surface area contributed by atoms with Crippen LogP contribution in [0.1, 0.15) is 5.56 Å². The lowest BCUT2D eigenvalue weighted by Crippen LogP contribution is -2.29. The molecule has 0 aliphatic heterocycles. The van der Waals surface area contributed by atoms with E-state index in [4.69, 9.17) is 0 Å². The minimum Gasteiger partial charge on any atom is -0.390 e. The van der Waals surface area contributed by atoms with Crippen LogP contribution in [0.2, 0.25) is 0 Å². The van der Waals surface area contributed by atoms with Crippen LogP contribution in [0.25, 0.3) is 27.8 Å². The summed E-state index contributed by atoms with van der Waals surface area (Å²) in [6, 6.07) is 10.6. The van der Waals surface area contributed by atoms with Crippen molar-refractivity contribution in [1.29, 1.82) is 0 Å². The number of alkyl halides is 3. The molecule has 0 unspecified atom stereocenters. The Morgan fingerprint density at radius 1 is 1.09 bits per heavy atom. The standard InChI is InChI=1S/C23H22F3N5O2/c1-29(2)13-19(32)14-31-21-6-4-18(9-16(21)11-28-31)30-8-7-15(10-22(30)33)20-5-3-17(12-27-20)23(24,25)26/h3-12,19,32H,13-14H2,1-2H3/t19-/m1/s1. The normalized spacial score (nSPS) is 13.1. The van der Waals surface area contributed by atoms with Crippen LogP contribution in [0.3, 0.4) is 0 Å². The molecule has 4 rings (SSSR count). The summed E-state index contributed by atoms with van der Waals surface area (Å²) in [5, 5.41) is 15.3. The molecule has 1 N–H and O–H groups in total. The van der Waals surface area contributed by atoms with Crippen molar-refractivity contribution in [3.05, 3.63) is 77.0 Å². The van der Waals surface area contributed by atoms with Gasteiger partial charge in [-0.25, -0.2) is 0 Å². The summed E-state index contributed by atoms with van der Waals surface area (Å²) in [6.45, 7) is 0.852. The molecule has 0 spiro atoms. The fourth-order valence-corrected chi connectivity index (χ4v) is 3.63. The van der Waals surface area contributed by atoms with E-state index >= 15 is 0 Å². The molecule has 0 amide bonds. The number of aromatic nitrogens is 4. The van der Waals surface area contributed by atoms with Gasteiger partial charge in [0.25, 0.3) is 5.56 Å². The molecule has 7 nitrogen and oxygen atoms in total. The van der Waals surface area contributed by atoms with Crippen LogP contribution >= 0.6 is 0 Å². The molecule has 0 aliphatic rings. The zero-order chi connectivity index (χ0) is 23.8. The Kier molecular flexibility index (Phi) is 6.05. The minimum absolute atomic E-state index is 0.278. The van der Waals surface area contributed by atoms with Crippen LogP contribution in [0.15, 0.2) is 65.8 Å². The van der Waals surface area contributed by atoms with Gasteiger partial charge in [-0.1, -0.05) is 0 Å². The Bertz CT molecular complexity index is 1330. The molecule has 0 saturated carbocycles. The maximum Gasteiger partial charge on any atom is 0.417 e. The summed E-state index contributed by atoms with van der Waals surface area (Å²) in [7, 11) is 3.76. The summed E-state index contributed by atoms with van der Waals surface area (Å²) in [4.78, 5) is 18.5. The zero-order valence-corrected chi connectivity index (χ0v) is 18.0. The highest BCUT2D eigenvalue weighted by Gasteiger charge is 2.30. The van der Waals surface area contributed by atoms with E-state index in [1.165, 1.54) is 16.7 Å². The minimum atomic E-state index is -4.47. The zero-order valence-electron chi connectivity index (χ0n) is 18.0. The molecule has 10 heteroatoms. The molecule has 1 aromatic carbocycles. The molecule has 3 heterocycles. The van der Waals surface area contributed by atoms with Crippen molar-refractivity contribution in [2.24, 2.45) is 0 Å². The predicted molar refractivity (Wildman–Crippen MR) is 118 cm³/mol. The molecule has 1 atom stereocenters. The molecule has 4 aromatic rings. The number of rotatable bonds is 6. The van der Waals surface area contributed by atoms with Crippen molar-refractivity contribution in [3.63, 3.8) is 0 Å². The lowest BCUT2D eigenvalue weighted by molar-refractivity contribution is -0.137. The monoisotopic (exact) mass is 457 g/mol. The van der Waals surface area contributed by atoms with Crippen molar-refractivity contribution in [2.75, 3.05) is 20.6 Å². The van der Waals surface area contributed by atoms with E-state index in [2.05, 4.69) is 10.1 Å². The third kappa shape index (κ3) is 4.96. The van der Waals surface area contributed by atoms with E-state index in [1.807, 2.05) is 31.1 Å². The van der Waals surface area contributed by atoms with Crippen LogP contribution in [-0.4, -0.2) is 56.1 Å². The summed E-state index contributed by atoms with van der Waals surface area (Å²) < 4.78 is 41.4. The Labute approximate surface area is 187 Å². The Morgan fingerprint density at radius 2 is 1.88 bits per heavy atom. The van der Waals surface area contributed by atoms with E-state index in [0.29, 0.717) is 24.3 Å². The number of likely N-dealkylation sites (N-methyl/N-ethyl adjacent to an activating group) is 1. The predicted octanol–water partition coefficient (Wildman–Crippen LogP) is 3.19. The van der Waals surface area contributed by atoms with Crippen molar-refractivity contribution in [1.82, 2.24) is 24.2 Å². The van der Waals surface area contributed by atoms with Crippen molar-refractivity contribution in [3.8, 4) is 16.9 Å². The fraction of sp³-hybridized carbons (Fsp3) is 0.261. The smallest absolute Gasteiger partial charge is 0.390 e. The number of benzene rings is 1. The van der Waals surface area contributed by atoms with Gasteiger partial charge >= 0.3 is 6.18 Å². The summed E-state index contributed by atoms with van der Waals surface area (Å²) in [5.74, 6) is 0. The number of hydrogen-bond acceptors (Lipinski definition) is 5. The highest BCUT2D eigenvalue weighted by Crippen LogP contribution is 2.29. The number of halogens is 3. The average Bonchev–Trinajstić information content (AvgIpc) is 3.14. The lowest BCUT2D eigenvalue weighted by Gasteiger charge is -2.16. The van der Waals surface area contributed by atoms with Gasteiger partial charge in [0.2, 0.25) is 0 Å². The van der Waals surface area contributed by atoms with Gasteiger partial charge in [-0.15, -0.1) is 0 Å². The highest BCUT2D eigenvalue weighted by atomic mass is 19.4. The van der Waals surface area contributed by atoms with Gasteiger partial charge < -0.3 is 10.0 Å². The molecule has 172 valence electrons. The third-order valence-corrected chi connectivity index (χ3v) is 5.17. The molecule has 0 bridgehead atoms. The molecule has 0 fully saturated rings. The number of fused-ring (bicyclic) bond motifs is 1. The van der Waals surface area contributed by atoms with Crippen molar-refractivity contribution in [2.45, 2.75) is 18.8 Å². The van der Waals surface area contributed by atoms with E-state index in [-0.39, 0.29) is 11.3 Å². The van der Waals surface area contributed by atoms with Gasteiger partial charge in [0, 0.05) is 41.6 Å². The number of pyridine rings is 2. The number of aliphatic hydroxyl groups is 1. The van der Waals surface area contributed by atoms with Crippen molar-refractivity contribution >= 4 is 10.9 Å². The topological polar surface area (TPSA) is 76.2 Å². The second-order valence-corrected chi connectivity index (χ2v) is 8.04. The first-order valence-electron chi connectivity index (χ1n) is 10.2. The molecule has 33 heavy (non-hydrogen) atoms. The quantitative estimate of drug-likeness (QED) is 0.481. The number of aliphatic hydroxyl groups excluding tert-OH is 1. The number of nitrogens with zero attached hydrogens (tertiary/aromatic N) is 5. The molecular formula is C23H22F3N5O2. The summed E-state index contributed by atoms with van der Waals surface area (Å²) in [6.07, 6.45) is -1.05. The number of hydrogen-bond donors (Lipinski definition) is 1. The Balaban J connectivity index is 1.59. The van der Waals surface area contributed by atoms with Gasteiger partial charge in [-0.2, -0.15) is 18.3 Å². The van der Waals surface area contributed by atoms with Gasteiger partial charge in [-0.3, -0.25) is 19.0 Å². The average molecular weight is 457 g/mol. The van der Waals surface area contributed by atoms with E-state index < -0.39 is 17.8 Å². The largest absolute Gasteiger partial charge is 0.417 e. The van der Waals surface area contributed by atoms with E-state index in [9.17, 15) is 23.1 Å². The Hall–Kier alpha value is -3.50. The molecule has 0 radical (unpaired) electrons. The molecule has 0 saturated heterocycles. The molecule has 3 aromatic heterocycles.